The normalized spacial score (nSPS) is 12.9. The number of hydrogen-bond donors (Lipinski definition) is 3. The van der Waals surface area contributed by atoms with Crippen molar-refractivity contribution in [3.63, 3.8) is 0 Å². The maximum atomic E-state index is 11.7. The summed E-state index contributed by atoms with van der Waals surface area (Å²) in [6.07, 6.45) is 3.53. The number of benzene rings is 2. The number of nitrogens with one attached hydrogen (secondary N) is 2. The highest BCUT2D eigenvalue weighted by molar-refractivity contribution is 14.0. The summed E-state index contributed by atoms with van der Waals surface area (Å²) in [5, 5.41) is 5.75. The summed E-state index contributed by atoms with van der Waals surface area (Å²) in [6.45, 7) is 0.425. The lowest BCUT2D eigenvalue weighted by Gasteiger charge is -2.08. The molecule has 0 fully saturated rings. The number of carbonyl (C=O) groups is 1. The summed E-state index contributed by atoms with van der Waals surface area (Å²) < 4.78 is 0. The van der Waals surface area contributed by atoms with Gasteiger partial charge in [0.25, 0.3) is 5.91 Å². The number of aliphatic imine (C=N–C) groups is 1. The van der Waals surface area contributed by atoms with Gasteiger partial charge in [0.1, 0.15) is 0 Å². The van der Waals surface area contributed by atoms with Crippen LogP contribution in [-0.2, 0) is 19.4 Å². The predicted molar refractivity (Wildman–Crippen MR) is 113 cm³/mol. The molecule has 0 saturated carbocycles. The highest BCUT2D eigenvalue weighted by Crippen LogP contribution is 2.24. The number of hydrogen-bond acceptors (Lipinski definition) is 2. The number of rotatable bonds is 4. The lowest BCUT2D eigenvalue weighted by molar-refractivity contribution is 0.0963. The molecule has 2 aromatic carbocycles. The Morgan fingerprint density at radius 1 is 1.16 bits per heavy atom. The molecule has 0 aliphatic heterocycles. The van der Waals surface area contributed by atoms with Crippen LogP contribution in [0, 0.1) is 0 Å². The predicted octanol–water partition coefficient (Wildman–Crippen LogP) is 3.08. The van der Waals surface area contributed by atoms with Crippen LogP contribution in [0.4, 0.5) is 5.69 Å². The molecule has 0 radical (unpaired) electrons. The lowest BCUT2D eigenvalue weighted by atomic mass is 10.1. The Balaban J connectivity index is 0.00000225. The fraction of sp³-hybridized carbons (Fsp3) is 0.263. The Morgan fingerprint density at radius 3 is 2.76 bits per heavy atom. The molecule has 0 spiro atoms. The number of nitrogens with zero attached hydrogens (tertiary/aromatic N) is 1. The van der Waals surface area contributed by atoms with E-state index in [-0.39, 0.29) is 29.9 Å². The van der Waals surface area contributed by atoms with Crippen molar-refractivity contribution in [1.82, 2.24) is 5.32 Å². The standard InChI is InChI=1S/C19H22N4O.HI/c1-21-18(24)16-7-2-4-13(10-16)12-22-19(20)23-17-9-8-14-5-3-6-15(14)11-17;/h2,4,7-11H,3,5-6,12H2,1H3,(H,21,24)(H3,20,22,23);1H. The number of halogens is 1. The fourth-order valence-electron chi connectivity index (χ4n) is 2.97. The Morgan fingerprint density at radius 2 is 1.96 bits per heavy atom. The fourth-order valence-corrected chi connectivity index (χ4v) is 2.97. The number of nitrogens with two attached hydrogens (primary N) is 1. The highest BCUT2D eigenvalue weighted by atomic mass is 127. The smallest absolute Gasteiger partial charge is 0.251 e. The molecule has 2 aromatic rings. The van der Waals surface area contributed by atoms with Crippen LogP contribution in [-0.4, -0.2) is 18.9 Å². The molecule has 1 aliphatic rings. The molecular formula is C19H23IN4O. The first-order chi connectivity index (χ1) is 11.7. The molecule has 1 amide bonds. The molecule has 0 bridgehead atoms. The highest BCUT2D eigenvalue weighted by Gasteiger charge is 2.10. The number of fused-ring (bicyclic) bond motifs is 1. The van der Waals surface area contributed by atoms with Gasteiger partial charge in [-0.25, -0.2) is 4.99 Å². The van der Waals surface area contributed by atoms with Gasteiger partial charge in [0, 0.05) is 18.3 Å². The van der Waals surface area contributed by atoms with E-state index in [0.717, 1.165) is 17.7 Å². The maximum absolute atomic E-state index is 11.7. The topological polar surface area (TPSA) is 79.5 Å². The first-order valence-corrected chi connectivity index (χ1v) is 8.15. The third-order valence-electron chi connectivity index (χ3n) is 4.22. The van der Waals surface area contributed by atoms with Crippen molar-refractivity contribution in [3.05, 3.63) is 64.7 Å². The molecule has 1 aliphatic carbocycles. The van der Waals surface area contributed by atoms with Crippen LogP contribution in [0.2, 0.25) is 0 Å². The van der Waals surface area contributed by atoms with Crippen LogP contribution in [0.1, 0.15) is 33.5 Å². The van der Waals surface area contributed by atoms with Gasteiger partial charge in [-0.05, 0) is 60.2 Å². The molecule has 0 heterocycles. The van der Waals surface area contributed by atoms with Crippen molar-refractivity contribution in [2.24, 2.45) is 10.7 Å². The number of anilines is 1. The molecular weight excluding hydrogens is 427 g/mol. The van der Waals surface area contributed by atoms with Gasteiger partial charge in [-0.3, -0.25) is 4.79 Å². The van der Waals surface area contributed by atoms with E-state index >= 15 is 0 Å². The van der Waals surface area contributed by atoms with Crippen molar-refractivity contribution in [1.29, 1.82) is 0 Å². The van der Waals surface area contributed by atoms with Gasteiger partial charge in [0.15, 0.2) is 5.96 Å². The van der Waals surface area contributed by atoms with E-state index in [1.165, 1.54) is 24.0 Å². The number of carbonyl (C=O) groups excluding carboxylic acids is 1. The Bertz CT molecular complexity index is 789. The van der Waals surface area contributed by atoms with Crippen molar-refractivity contribution >= 4 is 41.5 Å². The average molecular weight is 450 g/mol. The lowest BCUT2D eigenvalue weighted by Crippen LogP contribution is -2.22. The van der Waals surface area contributed by atoms with E-state index in [2.05, 4.69) is 27.8 Å². The molecule has 5 nitrogen and oxygen atoms in total. The summed E-state index contributed by atoms with van der Waals surface area (Å²) in [5.74, 6) is 0.267. The van der Waals surface area contributed by atoms with Crippen molar-refractivity contribution in [3.8, 4) is 0 Å². The van der Waals surface area contributed by atoms with Crippen LogP contribution < -0.4 is 16.4 Å². The average Bonchev–Trinajstić information content (AvgIpc) is 3.07. The van der Waals surface area contributed by atoms with E-state index in [1.54, 1.807) is 13.1 Å². The van der Waals surface area contributed by atoms with Crippen LogP contribution >= 0.6 is 24.0 Å². The summed E-state index contributed by atoms with van der Waals surface area (Å²) in [4.78, 5) is 16.0. The zero-order chi connectivity index (χ0) is 16.9. The van der Waals surface area contributed by atoms with Gasteiger partial charge < -0.3 is 16.4 Å². The monoisotopic (exact) mass is 450 g/mol. The molecule has 0 aromatic heterocycles. The summed E-state index contributed by atoms with van der Waals surface area (Å²) in [5.41, 5.74) is 11.3. The Kier molecular flexibility index (Phi) is 6.81. The zero-order valence-electron chi connectivity index (χ0n) is 14.2. The summed E-state index contributed by atoms with van der Waals surface area (Å²) in [6, 6.07) is 13.7. The van der Waals surface area contributed by atoms with Gasteiger partial charge >= 0.3 is 0 Å². The Labute approximate surface area is 165 Å². The largest absolute Gasteiger partial charge is 0.370 e. The molecule has 3 rings (SSSR count). The second kappa shape index (κ2) is 8.84. The molecule has 0 unspecified atom stereocenters. The number of aryl methyl sites for hydroxylation is 2. The summed E-state index contributed by atoms with van der Waals surface area (Å²) in [7, 11) is 1.62. The number of guanidine groups is 1. The van der Waals surface area contributed by atoms with Crippen LogP contribution in [0.3, 0.4) is 0 Å². The minimum Gasteiger partial charge on any atom is -0.370 e. The molecule has 0 saturated heterocycles. The van der Waals surface area contributed by atoms with Crippen LogP contribution in [0.5, 0.6) is 0 Å². The van der Waals surface area contributed by atoms with Crippen molar-refractivity contribution < 1.29 is 4.79 Å². The second-order valence-electron chi connectivity index (χ2n) is 5.94. The van der Waals surface area contributed by atoms with E-state index < -0.39 is 0 Å². The molecule has 6 heteroatoms. The van der Waals surface area contributed by atoms with Gasteiger partial charge in [0.05, 0.1) is 6.54 Å². The maximum Gasteiger partial charge on any atom is 0.251 e. The van der Waals surface area contributed by atoms with E-state index in [1.807, 2.05) is 24.3 Å². The third-order valence-corrected chi connectivity index (χ3v) is 4.22. The Hall–Kier alpha value is -2.09. The van der Waals surface area contributed by atoms with E-state index in [0.29, 0.717) is 18.1 Å². The summed E-state index contributed by atoms with van der Waals surface area (Å²) >= 11 is 0. The van der Waals surface area contributed by atoms with Gasteiger partial charge in [-0.1, -0.05) is 18.2 Å². The van der Waals surface area contributed by atoms with Crippen molar-refractivity contribution in [2.45, 2.75) is 25.8 Å². The third kappa shape index (κ3) is 4.94. The SMILES string of the molecule is CNC(=O)c1cccc(CN=C(N)Nc2ccc3c(c2)CCC3)c1.I. The molecule has 4 N–H and O–H groups in total. The zero-order valence-corrected chi connectivity index (χ0v) is 16.5. The van der Waals surface area contributed by atoms with Gasteiger partial charge in [-0.2, -0.15) is 0 Å². The molecule has 132 valence electrons. The van der Waals surface area contributed by atoms with Gasteiger partial charge in [-0.15, -0.1) is 24.0 Å². The minimum atomic E-state index is -0.106. The van der Waals surface area contributed by atoms with Crippen LogP contribution in [0.15, 0.2) is 47.5 Å². The quantitative estimate of drug-likeness (QED) is 0.381. The van der Waals surface area contributed by atoms with Crippen molar-refractivity contribution in [2.75, 3.05) is 12.4 Å². The minimum absolute atomic E-state index is 0. The van der Waals surface area contributed by atoms with Crippen LogP contribution in [0.25, 0.3) is 0 Å². The van der Waals surface area contributed by atoms with E-state index in [4.69, 9.17) is 5.73 Å². The first-order valence-electron chi connectivity index (χ1n) is 8.15. The molecule has 0 atom stereocenters. The number of amides is 1. The first kappa shape index (κ1) is 19.2. The van der Waals surface area contributed by atoms with E-state index in [9.17, 15) is 4.79 Å². The van der Waals surface area contributed by atoms with Gasteiger partial charge in [0.2, 0.25) is 0 Å². The second-order valence-corrected chi connectivity index (χ2v) is 5.94. The molecule has 25 heavy (non-hydrogen) atoms.